The molecule has 0 fully saturated rings. The molecule has 7 heteroatoms. The molecule has 0 spiro atoms. The van der Waals surface area contributed by atoms with E-state index in [2.05, 4.69) is 27.0 Å². The Bertz CT molecular complexity index is 772. The highest BCUT2D eigenvalue weighted by Gasteiger charge is 2.07. The molecule has 0 saturated carbocycles. The predicted molar refractivity (Wildman–Crippen MR) is 105 cm³/mol. The Hall–Kier alpha value is -2.59. The van der Waals surface area contributed by atoms with Crippen molar-refractivity contribution in [3.8, 4) is 11.8 Å². The minimum absolute atomic E-state index is 0.525. The third kappa shape index (κ3) is 5.47. The minimum atomic E-state index is 0.525. The molecule has 1 aromatic carbocycles. The zero-order chi connectivity index (χ0) is 18.1. The summed E-state index contributed by atoms with van der Waals surface area (Å²) in [5.74, 6) is 1.39. The van der Waals surface area contributed by atoms with Gasteiger partial charge in [0, 0.05) is 25.0 Å². The molecule has 0 saturated heterocycles. The van der Waals surface area contributed by atoms with Gasteiger partial charge in [0.15, 0.2) is 5.11 Å². The molecular formula is C18H23N5OS. The van der Waals surface area contributed by atoms with Crippen LogP contribution in [0.25, 0.3) is 10.9 Å². The average molecular weight is 357 g/mol. The van der Waals surface area contributed by atoms with Gasteiger partial charge in [-0.05, 0) is 56.8 Å². The lowest BCUT2D eigenvalue weighted by atomic mass is 10.1. The molecule has 1 heterocycles. The summed E-state index contributed by atoms with van der Waals surface area (Å²) in [5, 5.41) is 20.3. The molecule has 0 amide bonds. The molecule has 6 nitrogen and oxygen atoms in total. The number of nitrogens with zero attached hydrogens (tertiary/aromatic N) is 2. The summed E-state index contributed by atoms with van der Waals surface area (Å²) < 4.78 is 5.50. The number of rotatable bonds is 8. The first-order valence-corrected chi connectivity index (χ1v) is 8.82. The van der Waals surface area contributed by atoms with Crippen molar-refractivity contribution in [3.05, 3.63) is 29.8 Å². The molecular weight excluding hydrogens is 334 g/mol. The monoisotopic (exact) mass is 357 g/mol. The van der Waals surface area contributed by atoms with Crippen molar-refractivity contribution in [2.75, 3.05) is 31.6 Å². The summed E-state index contributed by atoms with van der Waals surface area (Å²) in [6.07, 6.45) is 0.861. The average Bonchev–Trinajstić information content (AvgIpc) is 2.61. The van der Waals surface area contributed by atoms with E-state index in [1.54, 1.807) is 0 Å². The Morgan fingerprint density at radius 3 is 2.80 bits per heavy atom. The van der Waals surface area contributed by atoms with E-state index >= 15 is 0 Å². The van der Waals surface area contributed by atoms with Gasteiger partial charge in [0.25, 0.3) is 0 Å². The fourth-order valence-electron chi connectivity index (χ4n) is 2.35. The molecule has 0 radical (unpaired) electrons. The van der Waals surface area contributed by atoms with Crippen LogP contribution in [0.5, 0.6) is 5.75 Å². The van der Waals surface area contributed by atoms with Crippen LogP contribution in [-0.4, -0.2) is 36.3 Å². The highest BCUT2D eigenvalue weighted by atomic mass is 32.1. The van der Waals surface area contributed by atoms with E-state index in [9.17, 15) is 5.26 Å². The lowest BCUT2D eigenvalue weighted by Crippen LogP contribution is -2.35. The second kappa shape index (κ2) is 9.64. The van der Waals surface area contributed by atoms with Gasteiger partial charge >= 0.3 is 0 Å². The summed E-state index contributed by atoms with van der Waals surface area (Å²) in [5.41, 5.74) is 1.36. The van der Waals surface area contributed by atoms with Crippen LogP contribution in [-0.2, 0) is 0 Å². The summed E-state index contributed by atoms with van der Waals surface area (Å²) in [4.78, 5) is 4.56. The number of aromatic nitrogens is 1. The number of nitriles is 1. The zero-order valence-corrected chi connectivity index (χ0v) is 15.4. The molecule has 1 aromatic heterocycles. The quantitative estimate of drug-likeness (QED) is 0.495. The minimum Gasteiger partial charge on any atom is -0.494 e. The molecule has 132 valence electrons. The first kappa shape index (κ1) is 18.7. The summed E-state index contributed by atoms with van der Waals surface area (Å²) >= 11 is 5.11. The molecule has 0 bridgehead atoms. The third-order valence-electron chi connectivity index (χ3n) is 3.49. The van der Waals surface area contributed by atoms with Crippen LogP contribution in [0, 0.1) is 11.3 Å². The van der Waals surface area contributed by atoms with E-state index in [1.165, 1.54) is 0 Å². The van der Waals surface area contributed by atoms with Gasteiger partial charge in [-0.2, -0.15) is 5.26 Å². The Morgan fingerprint density at radius 2 is 2.08 bits per heavy atom. The van der Waals surface area contributed by atoms with E-state index in [0.717, 1.165) is 36.2 Å². The molecule has 0 aliphatic heterocycles. The van der Waals surface area contributed by atoms with Crippen molar-refractivity contribution in [2.45, 2.75) is 20.3 Å². The second-order valence-corrected chi connectivity index (χ2v) is 5.76. The Labute approximate surface area is 153 Å². The van der Waals surface area contributed by atoms with E-state index in [-0.39, 0.29) is 0 Å². The maximum absolute atomic E-state index is 9.39. The van der Waals surface area contributed by atoms with Crippen LogP contribution in [0.1, 0.15) is 25.8 Å². The molecule has 3 N–H and O–H groups in total. The van der Waals surface area contributed by atoms with Crippen LogP contribution >= 0.6 is 12.2 Å². The first-order valence-electron chi connectivity index (χ1n) is 8.41. The molecule has 2 aromatic rings. The van der Waals surface area contributed by atoms with Gasteiger partial charge in [-0.3, -0.25) is 0 Å². The van der Waals surface area contributed by atoms with Crippen LogP contribution in [0.15, 0.2) is 24.3 Å². The fourth-order valence-corrected chi connectivity index (χ4v) is 2.60. The Balaban J connectivity index is 1.99. The van der Waals surface area contributed by atoms with Gasteiger partial charge in [0.1, 0.15) is 17.6 Å². The van der Waals surface area contributed by atoms with Crippen molar-refractivity contribution in [1.29, 1.82) is 5.26 Å². The highest BCUT2D eigenvalue weighted by Crippen LogP contribution is 2.24. The van der Waals surface area contributed by atoms with Crippen molar-refractivity contribution in [1.82, 2.24) is 15.6 Å². The SMILES string of the molecule is CCNC(=S)NCCCNc1nc2ccc(OCC)cc2cc1C#N. The highest BCUT2D eigenvalue weighted by molar-refractivity contribution is 7.80. The molecule has 2 rings (SSSR count). The topological polar surface area (TPSA) is 82.0 Å². The van der Waals surface area contributed by atoms with Crippen LogP contribution in [0.3, 0.4) is 0 Å². The molecule has 0 aliphatic carbocycles. The van der Waals surface area contributed by atoms with Gasteiger partial charge in [-0.15, -0.1) is 0 Å². The standard InChI is InChI=1S/C18H23N5OS/c1-3-20-18(25)22-9-5-8-21-17-14(12-19)10-13-11-15(24-4-2)6-7-16(13)23-17/h6-7,10-11H,3-5,8-9H2,1-2H3,(H,21,23)(H2,20,22,25). The van der Waals surface area contributed by atoms with Crippen LogP contribution in [0.2, 0.25) is 0 Å². The Kier molecular flexibility index (Phi) is 7.23. The van der Waals surface area contributed by atoms with Gasteiger partial charge in [0.2, 0.25) is 0 Å². The number of pyridine rings is 1. The Morgan fingerprint density at radius 1 is 1.24 bits per heavy atom. The number of hydrogen-bond donors (Lipinski definition) is 3. The number of anilines is 1. The van der Waals surface area contributed by atoms with Crippen molar-refractivity contribution >= 4 is 34.1 Å². The molecule has 25 heavy (non-hydrogen) atoms. The molecule has 0 atom stereocenters. The van der Waals surface area contributed by atoms with E-state index in [1.807, 2.05) is 38.1 Å². The number of fused-ring (bicyclic) bond motifs is 1. The maximum Gasteiger partial charge on any atom is 0.166 e. The number of benzene rings is 1. The lowest BCUT2D eigenvalue weighted by molar-refractivity contribution is 0.340. The number of ether oxygens (including phenoxy) is 1. The van der Waals surface area contributed by atoms with E-state index < -0.39 is 0 Å². The summed E-state index contributed by atoms with van der Waals surface area (Å²) in [7, 11) is 0. The van der Waals surface area contributed by atoms with Crippen molar-refractivity contribution in [3.63, 3.8) is 0 Å². The first-order chi connectivity index (χ1) is 12.2. The number of nitrogens with one attached hydrogen (secondary N) is 3. The van der Waals surface area contributed by atoms with E-state index in [0.29, 0.717) is 29.6 Å². The van der Waals surface area contributed by atoms with Gasteiger partial charge in [0.05, 0.1) is 17.7 Å². The van der Waals surface area contributed by atoms with E-state index in [4.69, 9.17) is 17.0 Å². The second-order valence-electron chi connectivity index (χ2n) is 5.35. The maximum atomic E-state index is 9.39. The number of hydrogen-bond acceptors (Lipinski definition) is 5. The molecule has 0 unspecified atom stereocenters. The predicted octanol–water partition coefficient (Wildman–Crippen LogP) is 2.79. The van der Waals surface area contributed by atoms with Gasteiger partial charge < -0.3 is 20.7 Å². The lowest BCUT2D eigenvalue weighted by Gasteiger charge is -2.11. The largest absolute Gasteiger partial charge is 0.494 e. The van der Waals surface area contributed by atoms with Crippen LogP contribution < -0.4 is 20.7 Å². The fraction of sp³-hybridized carbons (Fsp3) is 0.389. The summed E-state index contributed by atoms with van der Waals surface area (Å²) in [6.45, 7) is 6.81. The molecule has 0 aliphatic rings. The van der Waals surface area contributed by atoms with Crippen LogP contribution in [0.4, 0.5) is 5.82 Å². The van der Waals surface area contributed by atoms with Crippen molar-refractivity contribution < 1.29 is 4.74 Å². The zero-order valence-electron chi connectivity index (χ0n) is 14.6. The normalized spacial score (nSPS) is 10.1. The van der Waals surface area contributed by atoms with Gasteiger partial charge in [-0.1, -0.05) is 0 Å². The number of thiocarbonyl (C=S) groups is 1. The van der Waals surface area contributed by atoms with Crippen molar-refractivity contribution in [2.24, 2.45) is 0 Å². The summed E-state index contributed by atoms with van der Waals surface area (Å²) in [6, 6.07) is 9.74. The van der Waals surface area contributed by atoms with Gasteiger partial charge in [-0.25, -0.2) is 4.98 Å². The smallest absolute Gasteiger partial charge is 0.166 e. The third-order valence-corrected chi connectivity index (χ3v) is 3.78.